The zero-order valence-corrected chi connectivity index (χ0v) is 8.62. The third-order valence-corrected chi connectivity index (χ3v) is 1.51. The first kappa shape index (κ1) is 14.2. The number of nitrogens with zero attached hydrogens (tertiary/aromatic N) is 2. The fourth-order valence-corrected chi connectivity index (χ4v) is 0.881. The van der Waals surface area contributed by atoms with Gasteiger partial charge in [-0.15, -0.1) is 0 Å². The van der Waals surface area contributed by atoms with E-state index < -0.39 is 7.25 Å². The molecule has 1 aromatic heterocycles. The number of hydrogen-bond donors (Lipinski definition) is 0. The maximum Gasteiger partial charge on any atom is 0.673 e. The summed E-state index contributed by atoms with van der Waals surface area (Å²) in [5.74, 6) is 0.684. The van der Waals surface area contributed by atoms with Gasteiger partial charge in [0.1, 0.15) is 7.05 Å². The zero-order chi connectivity index (χ0) is 12.8. The number of methoxy groups -OCH3 is 1. The Kier molecular flexibility index (Phi) is 5.29. The lowest BCUT2D eigenvalue weighted by molar-refractivity contribution is -0.679. The molecule has 0 atom stereocenters. The van der Waals surface area contributed by atoms with Crippen molar-refractivity contribution in [3.63, 3.8) is 0 Å². The maximum atomic E-state index is 9.75. The lowest BCUT2D eigenvalue weighted by Gasteiger charge is -1.96. The van der Waals surface area contributed by atoms with Gasteiger partial charge in [-0.3, -0.25) is 0 Å². The van der Waals surface area contributed by atoms with E-state index in [4.69, 9.17) is 10.00 Å². The van der Waals surface area contributed by atoms with Crippen molar-refractivity contribution in [1.29, 1.82) is 5.26 Å². The van der Waals surface area contributed by atoms with Crippen molar-refractivity contribution in [3.8, 4) is 11.9 Å². The second-order valence-corrected chi connectivity index (χ2v) is 2.62. The summed E-state index contributed by atoms with van der Waals surface area (Å²) < 4.78 is 45.7. The minimum atomic E-state index is -6.00. The van der Waals surface area contributed by atoms with Crippen LogP contribution in [-0.4, -0.2) is 14.4 Å². The summed E-state index contributed by atoms with van der Waals surface area (Å²) in [4.78, 5) is 0. The van der Waals surface area contributed by atoms with E-state index in [-0.39, 0.29) is 0 Å². The molecule has 0 spiro atoms. The Morgan fingerprint density at radius 1 is 1.31 bits per heavy atom. The largest absolute Gasteiger partial charge is 0.673 e. The number of pyridine rings is 1. The fraction of sp³-hybridized carbons (Fsp3) is 0.250. The molecule has 0 saturated heterocycles. The summed E-state index contributed by atoms with van der Waals surface area (Å²) in [6, 6.07) is 7.39. The van der Waals surface area contributed by atoms with Crippen molar-refractivity contribution in [1.82, 2.24) is 0 Å². The number of halogens is 4. The van der Waals surface area contributed by atoms with Crippen molar-refractivity contribution >= 4 is 7.25 Å². The van der Waals surface area contributed by atoms with Gasteiger partial charge in [0.05, 0.1) is 13.2 Å². The van der Waals surface area contributed by atoms with Gasteiger partial charge in [-0.05, 0) is 6.07 Å². The molecular weight excluding hydrogens is 227 g/mol. The SMILES string of the molecule is COc1cccc(C#N)[n+]1C.F[B-](F)(F)F. The first-order valence-corrected chi connectivity index (χ1v) is 4.10. The first-order chi connectivity index (χ1) is 7.29. The zero-order valence-electron chi connectivity index (χ0n) is 8.62. The summed E-state index contributed by atoms with van der Waals surface area (Å²) >= 11 is 0. The summed E-state index contributed by atoms with van der Waals surface area (Å²) in [5.41, 5.74) is 0.587. The highest BCUT2D eigenvalue weighted by Gasteiger charge is 2.20. The molecule has 0 aromatic carbocycles. The van der Waals surface area contributed by atoms with E-state index in [0.717, 1.165) is 0 Å². The molecule has 0 N–H and O–H groups in total. The van der Waals surface area contributed by atoms with Gasteiger partial charge in [-0.2, -0.15) is 9.83 Å². The van der Waals surface area contributed by atoms with E-state index in [1.807, 2.05) is 0 Å². The van der Waals surface area contributed by atoms with Crippen LogP contribution in [0.2, 0.25) is 0 Å². The normalized spacial score (nSPS) is 9.81. The Labute approximate surface area is 90.0 Å². The van der Waals surface area contributed by atoms with Crippen molar-refractivity contribution in [2.45, 2.75) is 0 Å². The average molecular weight is 236 g/mol. The highest BCUT2D eigenvalue weighted by atomic mass is 19.5. The van der Waals surface area contributed by atoms with E-state index in [1.165, 1.54) is 0 Å². The molecule has 3 nitrogen and oxygen atoms in total. The summed E-state index contributed by atoms with van der Waals surface area (Å²) in [6.45, 7) is 0. The molecule has 1 rings (SSSR count). The molecule has 1 heterocycles. The molecule has 16 heavy (non-hydrogen) atoms. The molecule has 0 radical (unpaired) electrons. The van der Waals surface area contributed by atoms with Gasteiger partial charge in [0.15, 0.2) is 6.07 Å². The molecule has 0 aliphatic heterocycles. The molecule has 0 fully saturated rings. The van der Waals surface area contributed by atoms with Gasteiger partial charge < -0.3 is 22.0 Å². The second kappa shape index (κ2) is 5.95. The van der Waals surface area contributed by atoms with Crippen molar-refractivity contribution in [3.05, 3.63) is 23.9 Å². The van der Waals surface area contributed by atoms with Crippen LogP contribution < -0.4 is 9.30 Å². The molecule has 8 heteroatoms. The fourth-order valence-electron chi connectivity index (χ4n) is 0.881. The smallest absolute Gasteiger partial charge is 0.448 e. The van der Waals surface area contributed by atoms with Crippen molar-refractivity contribution < 1.29 is 26.6 Å². The van der Waals surface area contributed by atoms with Crippen LogP contribution in [0.5, 0.6) is 5.88 Å². The quantitative estimate of drug-likeness (QED) is 0.422. The molecule has 0 aliphatic rings. The van der Waals surface area contributed by atoms with Gasteiger partial charge in [0, 0.05) is 6.07 Å². The molecular formula is C8H9BF4N2O. The topological polar surface area (TPSA) is 36.9 Å². The van der Waals surface area contributed by atoms with Gasteiger partial charge in [0.25, 0.3) is 5.69 Å². The van der Waals surface area contributed by atoms with Crippen LogP contribution in [0.15, 0.2) is 18.2 Å². The third-order valence-electron chi connectivity index (χ3n) is 1.51. The number of ether oxygens (including phenoxy) is 1. The number of hydrogen-bond acceptors (Lipinski definition) is 2. The molecule has 0 saturated carbocycles. The average Bonchev–Trinajstić information content (AvgIpc) is 2.16. The van der Waals surface area contributed by atoms with Crippen LogP contribution >= 0.6 is 0 Å². The van der Waals surface area contributed by atoms with E-state index in [2.05, 4.69) is 6.07 Å². The van der Waals surface area contributed by atoms with Gasteiger partial charge in [-0.25, -0.2) is 0 Å². The van der Waals surface area contributed by atoms with Crippen LogP contribution in [-0.2, 0) is 7.05 Å². The summed E-state index contributed by atoms with van der Waals surface area (Å²) in [6.07, 6.45) is 0. The predicted octanol–water partition coefficient (Wildman–Crippen LogP) is 1.69. The molecule has 0 unspecified atom stereocenters. The lowest BCUT2D eigenvalue weighted by Crippen LogP contribution is -2.33. The Balaban J connectivity index is 0.000000385. The molecule has 0 aliphatic carbocycles. The lowest BCUT2D eigenvalue weighted by atomic mass is 10.3. The summed E-state index contributed by atoms with van der Waals surface area (Å²) in [5, 5.41) is 8.61. The minimum Gasteiger partial charge on any atom is -0.448 e. The molecule has 0 amide bonds. The Bertz CT molecular complexity index is 383. The second-order valence-electron chi connectivity index (χ2n) is 2.62. The van der Waals surface area contributed by atoms with Gasteiger partial charge in [-0.1, -0.05) is 0 Å². The van der Waals surface area contributed by atoms with Crippen LogP contribution in [0.3, 0.4) is 0 Å². The van der Waals surface area contributed by atoms with E-state index in [0.29, 0.717) is 11.6 Å². The molecule has 1 aromatic rings. The molecule has 0 bridgehead atoms. The number of nitriles is 1. The Morgan fingerprint density at radius 3 is 2.19 bits per heavy atom. The predicted molar refractivity (Wildman–Crippen MR) is 49.1 cm³/mol. The maximum absolute atomic E-state index is 9.75. The Hall–Kier alpha value is -1.78. The van der Waals surface area contributed by atoms with Crippen LogP contribution in [0.1, 0.15) is 5.69 Å². The molecule has 88 valence electrons. The highest BCUT2D eigenvalue weighted by Crippen LogP contribution is 2.06. The first-order valence-electron chi connectivity index (χ1n) is 4.10. The van der Waals surface area contributed by atoms with Crippen LogP contribution in [0, 0.1) is 11.3 Å². The van der Waals surface area contributed by atoms with E-state index in [1.54, 1.807) is 36.9 Å². The monoisotopic (exact) mass is 236 g/mol. The Morgan fingerprint density at radius 2 is 1.81 bits per heavy atom. The van der Waals surface area contributed by atoms with Crippen molar-refractivity contribution in [2.75, 3.05) is 7.11 Å². The van der Waals surface area contributed by atoms with Gasteiger partial charge >= 0.3 is 13.1 Å². The van der Waals surface area contributed by atoms with Crippen LogP contribution in [0.25, 0.3) is 0 Å². The highest BCUT2D eigenvalue weighted by molar-refractivity contribution is 6.50. The van der Waals surface area contributed by atoms with Crippen LogP contribution in [0.4, 0.5) is 17.3 Å². The van der Waals surface area contributed by atoms with Crippen molar-refractivity contribution in [2.24, 2.45) is 7.05 Å². The van der Waals surface area contributed by atoms with E-state index >= 15 is 0 Å². The minimum absolute atomic E-state index is 0.587. The standard InChI is InChI=1S/C8H9N2O.BF4/c1-10-7(6-9)4-3-5-8(10)11-2;2-1(3,4)5/h3-5H,1-2H3;/q+1;-1. The van der Waals surface area contributed by atoms with Gasteiger partial charge in [0.2, 0.25) is 0 Å². The number of rotatable bonds is 1. The van der Waals surface area contributed by atoms with E-state index in [9.17, 15) is 17.3 Å². The number of aromatic nitrogens is 1. The summed E-state index contributed by atoms with van der Waals surface area (Å²) in [7, 11) is -2.63. The third kappa shape index (κ3) is 5.85.